The molecule has 1 nitrogen and oxygen atoms in total. The van der Waals surface area contributed by atoms with Crippen LogP contribution in [0, 0.1) is 17.8 Å². The first kappa shape index (κ1) is 18.1. The second kappa shape index (κ2) is 7.41. The molecule has 0 aliphatic heterocycles. The van der Waals surface area contributed by atoms with Crippen molar-refractivity contribution in [1.82, 2.24) is 4.57 Å². The molecule has 4 aromatic rings. The molecule has 0 saturated carbocycles. The van der Waals surface area contributed by atoms with Crippen LogP contribution in [-0.4, -0.2) is 4.57 Å². The molecule has 28 heavy (non-hydrogen) atoms. The standard InChI is InChI=1S/C27H25N/c1-21(2)27(23-14-8-5-9-15-23,19-18-22-12-6-4-7-13-22)25-20-28(3)26-17-11-10-16-24(25)26/h4-17,20-21H,1-3H3. The van der Waals surface area contributed by atoms with E-state index in [1.807, 2.05) is 18.2 Å². The van der Waals surface area contributed by atoms with Gasteiger partial charge in [-0.05, 0) is 29.7 Å². The zero-order valence-corrected chi connectivity index (χ0v) is 16.7. The van der Waals surface area contributed by atoms with Crippen LogP contribution in [0.5, 0.6) is 0 Å². The number of benzene rings is 3. The molecule has 1 heteroatoms. The van der Waals surface area contributed by atoms with Gasteiger partial charge >= 0.3 is 0 Å². The molecule has 1 atom stereocenters. The van der Waals surface area contributed by atoms with Gasteiger partial charge in [0.05, 0.1) is 5.41 Å². The molecular weight excluding hydrogens is 338 g/mol. The fourth-order valence-corrected chi connectivity index (χ4v) is 4.13. The Morgan fingerprint density at radius 3 is 2.07 bits per heavy atom. The maximum atomic E-state index is 3.72. The van der Waals surface area contributed by atoms with Gasteiger partial charge in [-0.1, -0.05) is 92.4 Å². The van der Waals surface area contributed by atoms with Crippen molar-refractivity contribution in [3.8, 4) is 11.8 Å². The Hall–Kier alpha value is -3.24. The van der Waals surface area contributed by atoms with Crippen molar-refractivity contribution in [1.29, 1.82) is 0 Å². The lowest BCUT2D eigenvalue weighted by Crippen LogP contribution is -2.32. The highest BCUT2D eigenvalue weighted by atomic mass is 14.9. The number of hydrogen-bond donors (Lipinski definition) is 0. The Kier molecular flexibility index (Phi) is 4.80. The van der Waals surface area contributed by atoms with Crippen molar-refractivity contribution in [2.24, 2.45) is 13.0 Å². The van der Waals surface area contributed by atoms with E-state index in [1.165, 1.54) is 22.0 Å². The zero-order chi connectivity index (χ0) is 19.6. The van der Waals surface area contributed by atoms with Gasteiger partial charge in [0, 0.05) is 35.3 Å². The third-order valence-corrected chi connectivity index (χ3v) is 5.59. The Labute approximate surface area is 167 Å². The highest BCUT2D eigenvalue weighted by Crippen LogP contribution is 2.42. The molecule has 0 radical (unpaired) electrons. The van der Waals surface area contributed by atoms with E-state index in [-0.39, 0.29) is 0 Å². The van der Waals surface area contributed by atoms with Crippen LogP contribution < -0.4 is 0 Å². The van der Waals surface area contributed by atoms with Crippen LogP contribution in [0.4, 0.5) is 0 Å². The first-order valence-electron chi connectivity index (χ1n) is 9.81. The molecule has 1 unspecified atom stereocenters. The molecule has 0 fully saturated rings. The van der Waals surface area contributed by atoms with Gasteiger partial charge in [-0.3, -0.25) is 0 Å². The van der Waals surface area contributed by atoms with Gasteiger partial charge in [0.25, 0.3) is 0 Å². The van der Waals surface area contributed by atoms with Crippen LogP contribution in [0.2, 0.25) is 0 Å². The van der Waals surface area contributed by atoms with Crippen LogP contribution in [0.3, 0.4) is 0 Å². The normalized spacial score (nSPS) is 13.1. The molecule has 0 saturated heterocycles. The van der Waals surface area contributed by atoms with Crippen LogP contribution in [0.15, 0.2) is 91.1 Å². The van der Waals surface area contributed by atoms with E-state index in [0.29, 0.717) is 5.92 Å². The third-order valence-electron chi connectivity index (χ3n) is 5.59. The van der Waals surface area contributed by atoms with Crippen LogP contribution in [0.25, 0.3) is 10.9 Å². The monoisotopic (exact) mass is 363 g/mol. The average Bonchev–Trinajstić information content (AvgIpc) is 3.07. The summed E-state index contributed by atoms with van der Waals surface area (Å²) in [7, 11) is 2.12. The van der Waals surface area contributed by atoms with E-state index in [9.17, 15) is 0 Å². The average molecular weight is 364 g/mol. The molecule has 138 valence electrons. The Morgan fingerprint density at radius 2 is 1.39 bits per heavy atom. The van der Waals surface area contributed by atoms with E-state index >= 15 is 0 Å². The summed E-state index contributed by atoms with van der Waals surface area (Å²) in [4.78, 5) is 0. The molecular formula is C27H25N. The number of hydrogen-bond acceptors (Lipinski definition) is 0. The number of nitrogens with zero attached hydrogens (tertiary/aromatic N) is 1. The minimum absolute atomic E-state index is 0.303. The summed E-state index contributed by atoms with van der Waals surface area (Å²) in [5.41, 5.74) is 4.40. The van der Waals surface area contributed by atoms with Gasteiger partial charge in [-0.25, -0.2) is 0 Å². The number of aryl methyl sites for hydroxylation is 1. The van der Waals surface area contributed by atoms with E-state index in [2.05, 4.69) is 110 Å². The highest BCUT2D eigenvalue weighted by molar-refractivity contribution is 5.86. The Bertz CT molecular complexity index is 1140. The molecule has 0 bridgehead atoms. The van der Waals surface area contributed by atoms with Crippen LogP contribution in [0.1, 0.15) is 30.5 Å². The molecule has 0 amide bonds. The minimum Gasteiger partial charge on any atom is -0.350 e. The van der Waals surface area contributed by atoms with E-state index in [1.54, 1.807) is 0 Å². The highest BCUT2D eigenvalue weighted by Gasteiger charge is 2.38. The summed E-state index contributed by atoms with van der Waals surface area (Å²) in [6.07, 6.45) is 2.26. The maximum Gasteiger partial charge on any atom is 0.0858 e. The number of fused-ring (bicyclic) bond motifs is 1. The van der Waals surface area contributed by atoms with E-state index < -0.39 is 5.41 Å². The molecule has 0 aliphatic rings. The molecule has 1 heterocycles. The summed E-state index contributed by atoms with van der Waals surface area (Å²) in [5, 5.41) is 1.27. The van der Waals surface area contributed by atoms with Gasteiger partial charge in [0.2, 0.25) is 0 Å². The Balaban J connectivity index is 2.05. The van der Waals surface area contributed by atoms with Gasteiger partial charge in [0.1, 0.15) is 0 Å². The van der Waals surface area contributed by atoms with E-state index in [0.717, 1.165) is 5.56 Å². The predicted molar refractivity (Wildman–Crippen MR) is 118 cm³/mol. The molecule has 0 N–H and O–H groups in total. The Morgan fingerprint density at radius 1 is 0.786 bits per heavy atom. The third kappa shape index (κ3) is 3.02. The fraction of sp³-hybridized carbons (Fsp3) is 0.185. The van der Waals surface area contributed by atoms with Crippen molar-refractivity contribution in [2.75, 3.05) is 0 Å². The summed E-state index contributed by atoms with van der Waals surface area (Å²) in [6, 6.07) is 29.6. The molecule has 1 aromatic heterocycles. The number of aromatic nitrogens is 1. The lowest BCUT2D eigenvalue weighted by molar-refractivity contribution is 0.470. The molecule has 4 rings (SSSR count). The largest absolute Gasteiger partial charge is 0.350 e. The maximum absolute atomic E-state index is 3.72. The molecule has 3 aromatic carbocycles. The van der Waals surface area contributed by atoms with Crippen molar-refractivity contribution in [3.63, 3.8) is 0 Å². The predicted octanol–water partition coefficient (Wildman–Crippen LogP) is 6.17. The van der Waals surface area contributed by atoms with Gasteiger partial charge in [-0.2, -0.15) is 0 Å². The van der Waals surface area contributed by atoms with Crippen molar-refractivity contribution < 1.29 is 0 Å². The van der Waals surface area contributed by atoms with E-state index in [4.69, 9.17) is 0 Å². The van der Waals surface area contributed by atoms with Gasteiger partial charge in [-0.15, -0.1) is 0 Å². The number of rotatable bonds is 3. The number of para-hydroxylation sites is 1. The summed E-state index contributed by atoms with van der Waals surface area (Å²) >= 11 is 0. The second-order valence-electron chi connectivity index (χ2n) is 7.62. The summed E-state index contributed by atoms with van der Waals surface area (Å²) in [6.45, 7) is 4.54. The smallest absolute Gasteiger partial charge is 0.0858 e. The van der Waals surface area contributed by atoms with Crippen molar-refractivity contribution >= 4 is 10.9 Å². The van der Waals surface area contributed by atoms with Crippen LogP contribution in [-0.2, 0) is 12.5 Å². The van der Waals surface area contributed by atoms with Crippen molar-refractivity contribution in [2.45, 2.75) is 19.3 Å². The first-order chi connectivity index (χ1) is 13.6. The summed E-state index contributed by atoms with van der Waals surface area (Å²) in [5.74, 6) is 7.51. The lowest BCUT2D eigenvalue weighted by atomic mass is 9.67. The second-order valence-corrected chi connectivity index (χ2v) is 7.62. The quantitative estimate of drug-likeness (QED) is 0.383. The molecule has 0 spiro atoms. The van der Waals surface area contributed by atoms with Gasteiger partial charge < -0.3 is 4.57 Å². The first-order valence-corrected chi connectivity index (χ1v) is 9.81. The minimum atomic E-state index is -0.391. The van der Waals surface area contributed by atoms with Gasteiger partial charge in [0.15, 0.2) is 0 Å². The molecule has 0 aliphatic carbocycles. The fourth-order valence-electron chi connectivity index (χ4n) is 4.13. The zero-order valence-electron chi connectivity index (χ0n) is 16.7. The SMILES string of the molecule is CC(C)C(C#Cc1ccccc1)(c1ccccc1)c1cn(C)c2ccccc12. The van der Waals surface area contributed by atoms with Crippen molar-refractivity contribution in [3.05, 3.63) is 108 Å². The summed E-state index contributed by atoms with van der Waals surface area (Å²) < 4.78 is 2.22. The topological polar surface area (TPSA) is 4.93 Å². The lowest BCUT2D eigenvalue weighted by Gasteiger charge is -2.33. The van der Waals surface area contributed by atoms with Crippen LogP contribution >= 0.6 is 0 Å².